The van der Waals surface area contributed by atoms with Gasteiger partial charge in [-0.15, -0.1) is 0 Å². The second-order valence-corrected chi connectivity index (χ2v) is 7.27. The van der Waals surface area contributed by atoms with Crippen molar-refractivity contribution in [2.75, 3.05) is 13.7 Å². The van der Waals surface area contributed by atoms with Gasteiger partial charge in [-0.3, -0.25) is 4.79 Å². The molecule has 2 aromatic carbocycles. The molecule has 1 heterocycles. The van der Waals surface area contributed by atoms with E-state index in [1.165, 1.54) is 17.0 Å². The maximum absolute atomic E-state index is 13.3. The summed E-state index contributed by atoms with van der Waals surface area (Å²) in [6.45, 7) is -0.161. The summed E-state index contributed by atoms with van der Waals surface area (Å²) in [5, 5.41) is 4.63. The zero-order valence-electron chi connectivity index (χ0n) is 15.4. The zero-order valence-corrected chi connectivity index (χ0v) is 16.9. The van der Waals surface area contributed by atoms with Crippen LogP contribution in [0.3, 0.4) is 0 Å². The lowest BCUT2D eigenvalue weighted by Gasteiger charge is -2.18. The van der Waals surface area contributed by atoms with E-state index in [1.54, 1.807) is 37.4 Å². The molecular formula is C20H17Cl2FN2O4. The van der Waals surface area contributed by atoms with E-state index < -0.39 is 30.4 Å². The van der Waals surface area contributed by atoms with E-state index in [0.717, 1.165) is 5.56 Å². The summed E-state index contributed by atoms with van der Waals surface area (Å²) in [5.74, 6) is -1.52. The van der Waals surface area contributed by atoms with Crippen molar-refractivity contribution in [2.45, 2.75) is 19.1 Å². The van der Waals surface area contributed by atoms with Crippen molar-refractivity contribution in [1.29, 1.82) is 0 Å². The predicted octanol–water partition coefficient (Wildman–Crippen LogP) is 3.83. The third-order valence-electron chi connectivity index (χ3n) is 4.26. The van der Waals surface area contributed by atoms with Gasteiger partial charge in [0.25, 0.3) is 5.91 Å². The number of hydrogen-bond donors (Lipinski definition) is 0. The summed E-state index contributed by atoms with van der Waals surface area (Å²) < 4.78 is 18.4. The largest absolute Gasteiger partial charge is 0.453 e. The zero-order chi connectivity index (χ0) is 21.0. The van der Waals surface area contributed by atoms with Gasteiger partial charge in [0.2, 0.25) is 6.10 Å². The SMILES string of the molecule is CN(Cc1ccc(Cl)c(Cl)c1)C(=O)COC(=O)C1CC(c2cccc(F)c2)=NO1. The van der Waals surface area contributed by atoms with Gasteiger partial charge >= 0.3 is 5.97 Å². The number of nitrogens with zero attached hydrogens (tertiary/aromatic N) is 2. The van der Waals surface area contributed by atoms with Gasteiger partial charge in [-0.05, 0) is 29.8 Å². The predicted molar refractivity (Wildman–Crippen MR) is 106 cm³/mol. The topological polar surface area (TPSA) is 68.2 Å². The number of esters is 1. The van der Waals surface area contributed by atoms with Gasteiger partial charge in [-0.25, -0.2) is 9.18 Å². The summed E-state index contributed by atoms with van der Waals surface area (Å²) in [6.07, 6.45) is -0.836. The number of carbonyl (C=O) groups is 2. The Kier molecular flexibility index (Phi) is 6.71. The van der Waals surface area contributed by atoms with Crippen LogP contribution in [0.1, 0.15) is 17.5 Å². The van der Waals surface area contributed by atoms with Gasteiger partial charge in [-0.1, -0.05) is 46.6 Å². The minimum atomic E-state index is -0.971. The van der Waals surface area contributed by atoms with E-state index >= 15 is 0 Å². The quantitative estimate of drug-likeness (QED) is 0.642. The number of likely N-dealkylation sites (N-methyl/N-ethyl adjacent to an activating group) is 1. The summed E-state index contributed by atoms with van der Waals surface area (Å²) in [7, 11) is 1.58. The first-order valence-electron chi connectivity index (χ1n) is 8.66. The van der Waals surface area contributed by atoms with Crippen LogP contribution in [0.15, 0.2) is 47.6 Å². The molecule has 0 aromatic heterocycles. The number of oxime groups is 1. The van der Waals surface area contributed by atoms with Crippen molar-refractivity contribution >= 4 is 40.8 Å². The highest BCUT2D eigenvalue weighted by atomic mass is 35.5. The van der Waals surface area contributed by atoms with Crippen molar-refractivity contribution in [3.05, 3.63) is 69.5 Å². The highest BCUT2D eigenvalue weighted by molar-refractivity contribution is 6.42. The molecule has 6 nitrogen and oxygen atoms in total. The summed E-state index contributed by atoms with van der Waals surface area (Å²) in [6, 6.07) is 10.9. The minimum absolute atomic E-state index is 0.135. The first kappa shape index (κ1) is 21.1. The Morgan fingerprint density at radius 2 is 2.03 bits per heavy atom. The van der Waals surface area contributed by atoms with E-state index in [-0.39, 0.29) is 13.0 Å². The molecule has 152 valence electrons. The average Bonchev–Trinajstić information content (AvgIpc) is 3.19. The Morgan fingerprint density at radius 3 is 2.76 bits per heavy atom. The highest BCUT2D eigenvalue weighted by Crippen LogP contribution is 2.23. The van der Waals surface area contributed by atoms with Crippen LogP contribution in [0.25, 0.3) is 0 Å². The van der Waals surface area contributed by atoms with Crippen LogP contribution < -0.4 is 0 Å². The molecule has 0 saturated heterocycles. The monoisotopic (exact) mass is 438 g/mol. The Hall–Kier alpha value is -2.64. The molecule has 0 saturated carbocycles. The summed E-state index contributed by atoms with van der Waals surface area (Å²) >= 11 is 11.8. The smallest absolute Gasteiger partial charge is 0.351 e. The van der Waals surface area contributed by atoms with Gasteiger partial charge in [0.15, 0.2) is 6.61 Å². The molecule has 0 spiro atoms. The van der Waals surface area contributed by atoms with E-state index in [2.05, 4.69) is 5.16 Å². The molecule has 1 atom stereocenters. The fourth-order valence-electron chi connectivity index (χ4n) is 2.68. The average molecular weight is 439 g/mol. The third-order valence-corrected chi connectivity index (χ3v) is 5.00. The summed E-state index contributed by atoms with van der Waals surface area (Å²) in [5.41, 5.74) is 1.75. The Morgan fingerprint density at radius 1 is 1.24 bits per heavy atom. The number of halogens is 3. The molecule has 2 aromatic rings. The van der Waals surface area contributed by atoms with E-state index in [0.29, 0.717) is 21.3 Å². The molecule has 1 unspecified atom stereocenters. The molecule has 1 amide bonds. The lowest BCUT2D eigenvalue weighted by molar-refractivity contribution is -0.160. The summed E-state index contributed by atoms with van der Waals surface area (Å²) in [4.78, 5) is 30.9. The van der Waals surface area contributed by atoms with Crippen molar-refractivity contribution in [2.24, 2.45) is 5.16 Å². The van der Waals surface area contributed by atoms with Crippen molar-refractivity contribution in [3.63, 3.8) is 0 Å². The van der Waals surface area contributed by atoms with Crippen LogP contribution in [0.4, 0.5) is 4.39 Å². The van der Waals surface area contributed by atoms with Gasteiger partial charge < -0.3 is 14.5 Å². The molecule has 1 aliphatic heterocycles. The normalized spacial score (nSPS) is 15.4. The maximum Gasteiger partial charge on any atom is 0.351 e. The van der Waals surface area contributed by atoms with E-state index in [9.17, 15) is 14.0 Å². The molecular weight excluding hydrogens is 422 g/mol. The third kappa shape index (κ3) is 5.46. The molecule has 1 aliphatic rings. The van der Waals surface area contributed by atoms with Gasteiger partial charge in [-0.2, -0.15) is 0 Å². The lowest BCUT2D eigenvalue weighted by atomic mass is 10.1. The van der Waals surface area contributed by atoms with Crippen molar-refractivity contribution in [3.8, 4) is 0 Å². The maximum atomic E-state index is 13.3. The number of amides is 1. The highest BCUT2D eigenvalue weighted by Gasteiger charge is 2.31. The number of hydrogen-bond acceptors (Lipinski definition) is 5. The van der Waals surface area contributed by atoms with Crippen LogP contribution in [-0.4, -0.2) is 42.2 Å². The molecule has 3 rings (SSSR count). The molecule has 0 fully saturated rings. The second kappa shape index (κ2) is 9.24. The minimum Gasteiger partial charge on any atom is -0.453 e. The van der Waals surface area contributed by atoms with Crippen LogP contribution in [0.2, 0.25) is 10.0 Å². The first-order valence-corrected chi connectivity index (χ1v) is 9.42. The lowest BCUT2D eigenvalue weighted by Crippen LogP contribution is -2.33. The van der Waals surface area contributed by atoms with Crippen LogP contribution in [0.5, 0.6) is 0 Å². The van der Waals surface area contributed by atoms with Crippen molar-refractivity contribution < 1.29 is 23.6 Å². The van der Waals surface area contributed by atoms with Crippen LogP contribution in [0, 0.1) is 5.82 Å². The van der Waals surface area contributed by atoms with Crippen LogP contribution in [-0.2, 0) is 25.7 Å². The standard InChI is InChI=1S/C20H17Cl2FN2O4/c1-25(10-12-5-6-15(21)16(22)7-12)19(26)11-28-20(27)18-9-17(24-29-18)13-3-2-4-14(23)8-13/h2-8,18H,9-11H2,1H3. The number of carbonyl (C=O) groups excluding carboxylic acids is 2. The van der Waals surface area contributed by atoms with Gasteiger partial charge in [0, 0.05) is 25.6 Å². The Labute approximate surface area is 176 Å². The molecule has 9 heteroatoms. The molecule has 0 N–H and O–H groups in total. The fraction of sp³-hybridized carbons (Fsp3) is 0.250. The number of rotatable bonds is 6. The first-order chi connectivity index (χ1) is 13.8. The molecule has 0 aliphatic carbocycles. The molecule has 0 radical (unpaired) electrons. The Bertz CT molecular complexity index is 967. The fourth-order valence-corrected chi connectivity index (χ4v) is 3.00. The number of ether oxygens (including phenoxy) is 1. The van der Waals surface area contributed by atoms with Crippen LogP contribution >= 0.6 is 23.2 Å². The van der Waals surface area contributed by atoms with Crippen molar-refractivity contribution in [1.82, 2.24) is 4.90 Å². The van der Waals surface area contributed by atoms with Gasteiger partial charge in [0.1, 0.15) is 5.82 Å². The number of benzene rings is 2. The second-order valence-electron chi connectivity index (χ2n) is 6.45. The van der Waals surface area contributed by atoms with Gasteiger partial charge in [0.05, 0.1) is 15.8 Å². The molecule has 29 heavy (non-hydrogen) atoms. The van der Waals surface area contributed by atoms with E-state index in [1.807, 2.05) is 0 Å². The Balaban J connectivity index is 1.47. The molecule has 0 bridgehead atoms. The van der Waals surface area contributed by atoms with E-state index in [4.69, 9.17) is 32.8 Å².